The van der Waals surface area contributed by atoms with E-state index in [4.69, 9.17) is 10.5 Å². The minimum Gasteiger partial charge on any atom is -0.443 e. The molecule has 3 atom stereocenters. The largest absolute Gasteiger partial charge is 0.443 e. The predicted molar refractivity (Wildman–Crippen MR) is 95.0 cm³/mol. The summed E-state index contributed by atoms with van der Waals surface area (Å²) in [6.45, 7) is 1.59. The van der Waals surface area contributed by atoms with Crippen molar-refractivity contribution in [2.24, 2.45) is 5.73 Å². The van der Waals surface area contributed by atoms with Crippen LogP contribution in [0, 0.1) is 5.82 Å². The van der Waals surface area contributed by atoms with Crippen LogP contribution in [0.5, 0.6) is 0 Å². The number of amides is 2. The number of carbonyl (C=O) groups is 2. The van der Waals surface area contributed by atoms with E-state index in [1.54, 1.807) is 6.07 Å². The molecule has 3 rings (SSSR count). The Hall–Kier alpha value is -2.20. The van der Waals surface area contributed by atoms with Gasteiger partial charge in [0.2, 0.25) is 5.91 Å². The van der Waals surface area contributed by atoms with Gasteiger partial charge in [-0.1, -0.05) is 12.1 Å². The van der Waals surface area contributed by atoms with E-state index < -0.39 is 45.2 Å². The van der Waals surface area contributed by atoms with Crippen molar-refractivity contribution >= 4 is 21.8 Å². The Bertz CT molecular complexity index is 875. The number of primary amides is 1. The van der Waals surface area contributed by atoms with E-state index in [-0.39, 0.29) is 18.2 Å². The molecular weight excluding hydrogens is 377 g/mol. The first-order valence-corrected chi connectivity index (χ1v) is 10.4. The molecule has 8 nitrogen and oxygen atoms in total. The zero-order chi connectivity index (χ0) is 19.8. The van der Waals surface area contributed by atoms with Gasteiger partial charge in [-0.2, -0.15) is 0 Å². The summed E-state index contributed by atoms with van der Waals surface area (Å²) in [7, 11) is -3.18. The molecule has 2 aliphatic rings. The first-order valence-electron chi connectivity index (χ1n) is 8.61. The maximum Gasteiger partial charge on any atom is 0.407 e. The number of sulfone groups is 1. The first kappa shape index (κ1) is 19.6. The van der Waals surface area contributed by atoms with E-state index in [9.17, 15) is 22.4 Å². The molecule has 1 aromatic carbocycles. The number of halogens is 1. The van der Waals surface area contributed by atoms with Gasteiger partial charge in [0.25, 0.3) is 0 Å². The zero-order valence-electron chi connectivity index (χ0n) is 14.8. The number of ether oxygens (including phenoxy) is 1. The highest BCUT2D eigenvalue weighted by atomic mass is 32.2. The predicted octanol–water partition coefficient (Wildman–Crippen LogP) is 0.474. The van der Waals surface area contributed by atoms with Crippen LogP contribution in [0.1, 0.15) is 36.9 Å². The molecular formula is C17H22FN3O5S. The smallest absolute Gasteiger partial charge is 0.407 e. The van der Waals surface area contributed by atoms with Crippen molar-refractivity contribution in [3.63, 3.8) is 0 Å². The minimum atomic E-state index is -3.18. The summed E-state index contributed by atoms with van der Waals surface area (Å²) in [5.74, 6) is -1.46. The van der Waals surface area contributed by atoms with Crippen LogP contribution in [0.3, 0.4) is 0 Å². The Morgan fingerprint density at radius 2 is 2.15 bits per heavy atom. The van der Waals surface area contributed by atoms with E-state index in [0.717, 1.165) is 0 Å². The molecule has 148 valence electrons. The third-order valence-electron chi connectivity index (χ3n) is 5.31. The lowest BCUT2D eigenvalue weighted by molar-refractivity contribution is -0.126. The number of alkyl carbamates (subject to hydrolysis) is 1. The van der Waals surface area contributed by atoms with E-state index >= 15 is 0 Å². The molecule has 0 spiro atoms. The van der Waals surface area contributed by atoms with Gasteiger partial charge in [-0.05, 0) is 31.4 Å². The molecule has 4 N–H and O–H groups in total. The number of benzene rings is 1. The van der Waals surface area contributed by atoms with E-state index in [2.05, 4.69) is 10.6 Å². The highest BCUT2D eigenvalue weighted by Crippen LogP contribution is 2.34. The third-order valence-corrected chi connectivity index (χ3v) is 6.83. The number of nitrogens with two attached hydrogens (primary N) is 1. The highest BCUT2D eigenvalue weighted by molar-refractivity contribution is 7.91. The first-order chi connectivity index (χ1) is 12.6. The summed E-state index contributed by atoms with van der Waals surface area (Å²) in [5, 5.41) is 5.33. The molecule has 2 heterocycles. The lowest BCUT2D eigenvalue weighted by Crippen LogP contribution is -2.49. The minimum absolute atomic E-state index is 0.0655. The average Bonchev–Trinajstić information content (AvgIpc) is 2.95. The van der Waals surface area contributed by atoms with Gasteiger partial charge in [-0.25, -0.2) is 17.6 Å². The number of cyclic esters (lactones) is 1. The molecule has 0 aromatic heterocycles. The summed E-state index contributed by atoms with van der Waals surface area (Å²) in [4.78, 5) is 23.5. The number of rotatable bonds is 4. The molecule has 3 unspecified atom stereocenters. The Morgan fingerprint density at radius 3 is 2.74 bits per heavy atom. The fourth-order valence-corrected chi connectivity index (χ4v) is 4.71. The summed E-state index contributed by atoms with van der Waals surface area (Å²) < 4.78 is 43.4. The summed E-state index contributed by atoms with van der Waals surface area (Å²) in [6.07, 6.45) is -0.598. The van der Waals surface area contributed by atoms with Gasteiger partial charge in [0.1, 0.15) is 17.3 Å². The second-order valence-corrected chi connectivity index (χ2v) is 9.25. The second kappa shape index (κ2) is 7.08. The van der Waals surface area contributed by atoms with Gasteiger partial charge in [0.15, 0.2) is 9.84 Å². The Labute approximate surface area is 156 Å². The second-order valence-electron chi connectivity index (χ2n) is 7.07. The van der Waals surface area contributed by atoms with Gasteiger partial charge in [0.05, 0.1) is 18.2 Å². The van der Waals surface area contributed by atoms with Crippen LogP contribution < -0.4 is 16.4 Å². The molecule has 0 radical (unpaired) electrons. The molecule has 2 amide bonds. The fraction of sp³-hybridized carbons (Fsp3) is 0.529. The number of nitrogens with one attached hydrogen (secondary N) is 2. The Morgan fingerprint density at radius 1 is 1.41 bits per heavy atom. The van der Waals surface area contributed by atoms with Crippen LogP contribution >= 0.6 is 0 Å². The van der Waals surface area contributed by atoms with Gasteiger partial charge in [0, 0.05) is 11.6 Å². The average molecular weight is 399 g/mol. The normalized spacial score (nSPS) is 27.1. The van der Waals surface area contributed by atoms with Crippen LogP contribution in [0.15, 0.2) is 18.2 Å². The quantitative estimate of drug-likeness (QED) is 0.675. The van der Waals surface area contributed by atoms with Gasteiger partial charge < -0.3 is 15.8 Å². The van der Waals surface area contributed by atoms with E-state index in [1.807, 2.05) is 0 Å². The molecule has 1 aromatic rings. The SMILES string of the molecule is CC(C(N)=O)(c1ccc(C2CCCS(=O)(=O)CN2)c(F)c1)C1CNC(=O)O1. The van der Waals surface area contributed by atoms with Gasteiger partial charge in [-0.15, -0.1) is 0 Å². The summed E-state index contributed by atoms with van der Waals surface area (Å²) >= 11 is 0. The van der Waals surface area contributed by atoms with Crippen molar-refractivity contribution in [3.8, 4) is 0 Å². The lowest BCUT2D eigenvalue weighted by atomic mass is 9.76. The topological polar surface area (TPSA) is 128 Å². The fourth-order valence-electron chi connectivity index (χ4n) is 3.50. The van der Waals surface area contributed by atoms with Crippen molar-refractivity contribution in [2.75, 3.05) is 18.2 Å². The van der Waals surface area contributed by atoms with Crippen molar-refractivity contribution in [3.05, 3.63) is 35.1 Å². The van der Waals surface area contributed by atoms with Crippen molar-refractivity contribution in [1.82, 2.24) is 10.6 Å². The van der Waals surface area contributed by atoms with Crippen LogP contribution in [0.25, 0.3) is 0 Å². The molecule has 2 aliphatic heterocycles. The monoisotopic (exact) mass is 399 g/mol. The standard InChI is InChI=1S/C17H22FN3O5S/c1-17(15(19)22,14-8-20-16(23)26-14)10-4-5-11(12(18)7-10)13-3-2-6-27(24,25)9-21-13/h4-5,7,13-14,21H,2-3,6,8-9H2,1H3,(H2,19,22)(H,20,23). The molecule has 0 aliphatic carbocycles. The Kier molecular flexibility index (Phi) is 5.13. The van der Waals surface area contributed by atoms with Crippen molar-refractivity contribution < 1.29 is 27.1 Å². The molecule has 0 bridgehead atoms. The number of hydrogen-bond acceptors (Lipinski definition) is 6. The number of carbonyl (C=O) groups excluding carboxylic acids is 2. The van der Waals surface area contributed by atoms with Gasteiger partial charge in [-0.3, -0.25) is 10.1 Å². The Balaban J connectivity index is 1.91. The summed E-state index contributed by atoms with van der Waals surface area (Å²) in [6, 6.07) is 3.84. The van der Waals surface area contributed by atoms with E-state index in [1.165, 1.54) is 19.1 Å². The summed E-state index contributed by atoms with van der Waals surface area (Å²) in [5.41, 5.74) is 4.76. The van der Waals surface area contributed by atoms with Crippen molar-refractivity contribution in [1.29, 1.82) is 0 Å². The third kappa shape index (κ3) is 3.77. The number of hydrogen-bond donors (Lipinski definition) is 3. The van der Waals surface area contributed by atoms with Crippen molar-refractivity contribution in [2.45, 2.75) is 37.3 Å². The van der Waals surface area contributed by atoms with Crippen LogP contribution in [0.4, 0.5) is 9.18 Å². The maximum absolute atomic E-state index is 14.9. The van der Waals surface area contributed by atoms with Gasteiger partial charge >= 0.3 is 6.09 Å². The lowest BCUT2D eigenvalue weighted by Gasteiger charge is -2.31. The van der Waals surface area contributed by atoms with Crippen LogP contribution in [-0.2, 0) is 24.8 Å². The van der Waals surface area contributed by atoms with Crippen LogP contribution in [0.2, 0.25) is 0 Å². The molecule has 27 heavy (non-hydrogen) atoms. The van der Waals surface area contributed by atoms with Crippen LogP contribution in [-0.4, -0.2) is 44.7 Å². The highest BCUT2D eigenvalue weighted by Gasteiger charge is 2.47. The molecule has 0 saturated carbocycles. The molecule has 2 fully saturated rings. The van der Waals surface area contributed by atoms with E-state index in [0.29, 0.717) is 24.0 Å². The molecule has 2 saturated heterocycles. The zero-order valence-corrected chi connectivity index (χ0v) is 15.6. The molecule has 10 heteroatoms. The maximum atomic E-state index is 14.9.